The Bertz CT molecular complexity index is 535. The van der Waals surface area contributed by atoms with Crippen LogP contribution >= 0.6 is 0 Å². The third-order valence-corrected chi connectivity index (χ3v) is 2.41. The van der Waals surface area contributed by atoms with Gasteiger partial charge in [-0.25, -0.2) is 9.97 Å². The number of rotatable bonds is 3. The highest BCUT2D eigenvalue weighted by Gasteiger charge is 2.07. The molecule has 2 aromatic rings. The highest BCUT2D eigenvalue weighted by Crippen LogP contribution is 2.17. The Kier molecular flexibility index (Phi) is 2.95. The number of nitrogens with two attached hydrogens (primary N) is 1. The molecule has 0 aliphatic rings. The number of anilines is 2. The maximum absolute atomic E-state index is 5.77. The van der Waals surface area contributed by atoms with Crippen LogP contribution in [0.3, 0.4) is 0 Å². The lowest BCUT2D eigenvalue weighted by Crippen LogP contribution is -2.08. The zero-order chi connectivity index (χ0) is 12.4. The van der Waals surface area contributed by atoms with Gasteiger partial charge in [0.25, 0.3) is 0 Å². The molecule has 3 N–H and O–H groups in total. The average Bonchev–Trinajstić information content (AvgIpc) is 2.67. The smallest absolute Gasteiger partial charge is 0.135 e. The zero-order valence-electron chi connectivity index (χ0n) is 10.1. The van der Waals surface area contributed by atoms with Crippen molar-refractivity contribution >= 4 is 11.6 Å². The second-order valence-corrected chi connectivity index (χ2v) is 3.91. The molecule has 0 atom stereocenters. The van der Waals surface area contributed by atoms with Crippen molar-refractivity contribution in [2.45, 2.75) is 27.3 Å². The van der Waals surface area contributed by atoms with E-state index in [9.17, 15) is 0 Å². The van der Waals surface area contributed by atoms with Gasteiger partial charge in [0.2, 0.25) is 0 Å². The van der Waals surface area contributed by atoms with Crippen LogP contribution in [0.2, 0.25) is 0 Å². The molecular weight excluding hydrogens is 218 g/mol. The van der Waals surface area contributed by atoms with E-state index in [1.807, 2.05) is 19.9 Å². The predicted molar refractivity (Wildman–Crippen MR) is 64.5 cm³/mol. The van der Waals surface area contributed by atoms with Gasteiger partial charge in [-0.1, -0.05) is 5.16 Å². The molecule has 6 nitrogen and oxygen atoms in total. The standard InChI is InChI=1S/C11H15N5O/c1-6-4-9(16-17-6)5-13-11-7(2)10(12)14-8(3)15-11/h4H,5H2,1-3H3,(H3,12,13,14,15). The Balaban J connectivity index is 2.14. The fourth-order valence-electron chi connectivity index (χ4n) is 1.50. The third-order valence-electron chi connectivity index (χ3n) is 2.41. The van der Waals surface area contributed by atoms with Crippen LogP contribution in [0.1, 0.15) is 22.8 Å². The Hall–Kier alpha value is -2.11. The Morgan fingerprint density at radius 1 is 1.29 bits per heavy atom. The van der Waals surface area contributed by atoms with Crippen molar-refractivity contribution in [1.29, 1.82) is 0 Å². The molecule has 0 saturated carbocycles. The van der Waals surface area contributed by atoms with Gasteiger partial charge in [-0.3, -0.25) is 0 Å². The van der Waals surface area contributed by atoms with Crippen LogP contribution in [0.15, 0.2) is 10.6 Å². The maximum Gasteiger partial charge on any atom is 0.135 e. The van der Waals surface area contributed by atoms with Gasteiger partial charge >= 0.3 is 0 Å². The summed E-state index contributed by atoms with van der Waals surface area (Å²) in [5.41, 5.74) is 7.44. The van der Waals surface area contributed by atoms with Gasteiger partial charge in [0, 0.05) is 11.6 Å². The zero-order valence-corrected chi connectivity index (χ0v) is 10.1. The summed E-state index contributed by atoms with van der Waals surface area (Å²) >= 11 is 0. The lowest BCUT2D eigenvalue weighted by atomic mass is 10.3. The summed E-state index contributed by atoms with van der Waals surface area (Å²) in [5, 5.41) is 7.06. The van der Waals surface area contributed by atoms with Crippen molar-refractivity contribution in [3.05, 3.63) is 28.9 Å². The molecule has 90 valence electrons. The molecule has 0 bridgehead atoms. The van der Waals surface area contributed by atoms with Crippen LogP contribution < -0.4 is 11.1 Å². The van der Waals surface area contributed by atoms with Crippen LogP contribution in [-0.2, 0) is 6.54 Å². The number of hydrogen-bond donors (Lipinski definition) is 2. The van der Waals surface area contributed by atoms with E-state index in [-0.39, 0.29) is 0 Å². The SMILES string of the molecule is Cc1nc(N)c(C)c(NCc2cc(C)on2)n1. The average molecular weight is 233 g/mol. The van der Waals surface area contributed by atoms with Crippen LogP contribution in [0.4, 0.5) is 11.6 Å². The normalized spacial score (nSPS) is 10.5. The first kappa shape index (κ1) is 11.4. The number of nitrogens with zero attached hydrogens (tertiary/aromatic N) is 3. The summed E-state index contributed by atoms with van der Waals surface area (Å²) in [7, 11) is 0. The molecule has 0 fully saturated rings. The second kappa shape index (κ2) is 4.40. The molecular formula is C11H15N5O. The van der Waals surface area contributed by atoms with Gasteiger partial charge in [-0.2, -0.15) is 0 Å². The van der Waals surface area contributed by atoms with E-state index in [4.69, 9.17) is 10.3 Å². The minimum Gasteiger partial charge on any atom is -0.383 e. The Morgan fingerprint density at radius 3 is 2.71 bits per heavy atom. The van der Waals surface area contributed by atoms with Gasteiger partial charge in [0.15, 0.2) is 0 Å². The van der Waals surface area contributed by atoms with Crippen LogP contribution in [-0.4, -0.2) is 15.1 Å². The molecule has 2 heterocycles. The summed E-state index contributed by atoms with van der Waals surface area (Å²) < 4.78 is 4.98. The molecule has 17 heavy (non-hydrogen) atoms. The van der Waals surface area contributed by atoms with Gasteiger partial charge in [-0.15, -0.1) is 0 Å². The van der Waals surface area contributed by atoms with Crippen molar-refractivity contribution in [1.82, 2.24) is 15.1 Å². The molecule has 0 aliphatic heterocycles. The minimum absolute atomic E-state index is 0.497. The number of aryl methyl sites for hydroxylation is 2. The van der Waals surface area contributed by atoms with Crippen LogP contribution in [0, 0.1) is 20.8 Å². The fraction of sp³-hybridized carbons (Fsp3) is 0.364. The van der Waals surface area contributed by atoms with Gasteiger partial charge in [0.05, 0.1) is 6.54 Å². The topological polar surface area (TPSA) is 89.9 Å². The summed E-state index contributed by atoms with van der Waals surface area (Å²) in [4.78, 5) is 8.38. The van der Waals surface area contributed by atoms with Gasteiger partial charge < -0.3 is 15.6 Å². The van der Waals surface area contributed by atoms with E-state index in [0.29, 0.717) is 18.2 Å². The minimum atomic E-state index is 0.497. The number of aromatic nitrogens is 3. The fourth-order valence-corrected chi connectivity index (χ4v) is 1.50. The highest BCUT2D eigenvalue weighted by molar-refractivity contribution is 5.54. The molecule has 0 aliphatic carbocycles. The van der Waals surface area contributed by atoms with Crippen molar-refractivity contribution in [2.24, 2.45) is 0 Å². The second-order valence-electron chi connectivity index (χ2n) is 3.91. The summed E-state index contributed by atoms with van der Waals surface area (Å²) in [6.45, 7) is 6.09. The summed E-state index contributed by atoms with van der Waals surface area (Å²) in [6, 6.07) is 1.87. The molecule has 0 saturated heterocycles. The predicted octanol–water partition coefficient (Wildman–Crippen LogP) is 1.58. The van der Waals surface area contributed by atoms with E-state index in [0.717, 1.165) is 22.8 Å². The highest BCUT2D eigenvalue weighted by atomic mass is 16.5. The first-order chi connectivity index (χ1) is 8.06. The van der Waals surface area contributed by atoms with Gasteiger partial charge in [0.1, 0.15) is 28.9 Å². The molecule has 2 aromatic heterocycles. The molecule has 0 amide bonds. The molecule has 0 unspecified atom stereocenters. The first-order valence-corrected chi connectivity index (χ1v) is 5.33. The quantitative estimate of drug-likeness (QED) is 0.836. The molecule has 0 spiro atoms. The largest absolute Gasteiger partial charge is 0.383 e. The van der Waals surface area contributed by atoms with E-state index < -0.39 is 0 Å². The van der Waals surface area contributed by atoms with Crippen molar-refractivity contribution in [2.75, 3.05) is 11.1 Å². The van der Waals surface area contributed by atoms with Crippen molar-refractivity contribution in [3.63, 3.8) is 0 Å². The van der Waals surface area contributed by atoms with E-state index in [1.54, 1.807) is 6.92 Å². The number of nitrogens with one attached hydrogen (secondary N) is 1. The van der Waals surface area contributed by atoms with Crippen molar-refractivity contribution in [3.8, 4) is 0 Å². The molecule has 0 aromatic carbocycles. The summed E-state index contributed by atoms with van der Waals surface area (Å²) in [6.07, 6.45) is 0. The van der Waals surface area contributed by atoms with Crippen molar-refractivity contribution < 1.29 is 4.52 Å². The van der Waals surface area contributed by atoms with Crippen LogP contribution in [0.5, 0.6) is 0 Å². The van der Waals surface area contributed by atoms with E-state index in [1.165, 1.54) is 0 Å². The lowest BCUT2D eigenvalue weighted by Gasteiger charge is -2.09. The first-order valence-electron chi connectivity index (χ1n) is 5.33. The monoisotopic (exact) mass is 233 g/mol. The maximum atomic E-state index is 5.77. The lowest BCUT2D eigenvalue weighted by molar-refractivity contribution is 0.391. The van der Waals surface area contributed by atoms with Gasteiger partial charge in [-0.05, 0) is 20.8 Å². The molecule has 6 heteroatoms. The summed E-state index contributed by atoms with van der Waals surface area (Å²) in [5.74, 6) is 2.66. The Labute approximate surface area is 99.2 Å². The Morgan fingerprint density at radius 2 is 2.06 bits per heavy atom. The molecule has 0 radical (unpaired) electrons. The number of nitrogen functional groups attached to an aromatic ring is 1. The van der Waals surface area contributed by atoms with E-state index in [2.05, 4.69) is 20.4 Å². The van der Waals surface area contributed by atoms with E-state index >= 15 is 0 Å². The molecule has 2 rings (SSSR count). The number of hydrogen-bond acceptors (Lipinski definition) is 6. The van der Waals surface area contributed by atoms with Crippen LogP contribution in [0.25, 0.3) is 0 Å². The third kappa shape index (κ3) is 2.52.